The fraction of sp³-hybridized carbons (Fsp3) is 0.875. The van der Waals surface area contributed by atoms with Gasteiger partial charge >= 0.3 is 0 Å². The number of hydrogen-bond donors (Lipinski definition) is 0. The van der Waals surface area contributed by atoms with Crippen molar-refractivity contribution in [1.82, 2.24) is 9.80 Å². The van der Waals surface area contributed by atoms with Crippen LogP contribution in [0.25, 0.3) is 0 Å². The Bertz CT molecular complexity index is 172. The lowest BCUT2D eigenvalue weighted by Crippen LogP contribution is -2.41. The molecule has 4 heteroatoms. The fourth-order valence-corrected chi connectivity index (χ4v) is 2.66. The molecule has 0 aromatic heterocycles. The van der Waals surface area contributed by atoms with Crippen LogP contribution in [-0.4, -0.2) is 54.0 Å². The molecule has 1 aliphatic rings. The lowest BCUT2D eigenvalue weighted by atomic mass is 10.4. The first-order valence-corrected chi connectivity index (χ1v) is 5.28. The first-order valence-electron chi connectivity index (χ1n) is 4.23. The van der Waals surface area contributed by atoms with Gasteiger partial charge < -0.3 is 4.90 Å². The molecule has 1 unspecified atom stereocenters. The topological polar surface area (TPSA) is 23.6 Å². The Morgan fingerprint density at radius 3 is 2.83 bits per heavy atom. The molecular weight excluding hydrogens is 172 g/mol. The minimum Gasteiger partial charge on any atom is -0.347 e. The molecular formula is C8H16N2OS. The Balaban J connectivity index is 2.55. The van der Waals surface area contributed by atoms with Crippen molar-refractivity contribution in [3.05, 3.63) is 0 Å². The highest BCUT2D eigenvalue weighted by atomic mass is 32.2. The van der Waals surface area contributed by atoms with E-state index in [-0.39, 0.29) is 11.3 Å². The van der Waals surface area contributed by atoms with E-state index in [1.165, 1.54) is 0 Å². The molecule has 1 amide bonds. The van der Waals surface area contributed by atoms with Crippen LogP contribution in [0.15, 0.2) is 0 Å². The summed E-state index contributed by atoms with van der Waals surface area (Å²) in [5.74, 6) is 1.30. The van der Waals surface area contributed by atoms with Gasteiger partial charge in [-0.1, -0.05) is 6.92 Å². The van der Waals surface area contributed by atoms with E-state index in [0.717, 1.165) is 18.8 Å². The molecule has 0 bridgehead atoms. The number of thioether (sulfide) groups is 1. The second-order valence-electron chi connectivity index (χ2n) is 3.08. The van der Waals surface area contributed by atoms with Gasteiger partial charge in [0.15, 0.2) is 0 Å². The largest absolute Gasteiger partial charge is 0.347 e. The van der Waals surface area contributed by atoms with E-state index in [1.54, 1.807) is 16.7 Å². The summed E-state index contributed by atoms with van der Waals surface area (Å²) in [7, 11) is 3.63. The van der Waals surface area contributed by atoms with Crippen LogP contribution in [0.2, 0.25) is 0 Å². The van der Waals surface area contributed by atoms with E-state index >= 15 is 0 Å². The molecule has 0 N–H and O–H groups in total. The molecule has 1 rings (SSSR count). The van der Waals surface area contributed by atoms with Gasteiger partial charge in [-0.2, -0.15) is 0 Å². The molecule has 1 atom stereocenters. The van der Waals surface area contributed by atoms with Gasteiger partial charge in [0.1, 0.15) is 5.37 Å². The average Bonchev–Trinajstić information content (AvgIpc) is 2.49. The Morgan fingerprint density at radius 1 is 1.67 bits per heavy atom. The molecule has 0 saturated carbocycles. The molecule has 1 fully saturated rings. The highest BCUT2D eigenvalue weighted by Crippen LogP contribution is 2.24. The zero-order valence-electron chi connectivity index (χ0n) is 7.91. The first-order chi connectivity index (χ1) is 5.66. The summed E-state index contributed by atoms with van der Waals surface area (Å²) in [5.41, 5.74) is 0. The molecule has 1 heterocycles. The second kappa shape index (κ2) is 4.14. The SMILES string of the molecule is CCN1CCSC1C(=O)N(C)C. The predicted octanol–water partition coefficient (Wildman–Crippen LogP) is 0.469. The minimum absolute atomic E-state index is 0.0741. The molecule has 70 valence electrons. The monoisotopic (exact) mass is 188 g/mol. The number of likely N-dealkylation sites (N-methyl/N-ethyl adjacent to an activating group) is 2. The van der Waals surface area contributed by atoms with Crippen LogP contribution in [-0.2, 0) is 4.79 Å². The van der Waals surface area contributed by atoms with Gasteiger partial charge in [-0.25, -0.2) is 0 Å². The van der Waals surface area contributed by atoms with Crippen molar-refractivity contribution in [3.63, 3.8) is 0 Å². The first kappa shape index (κ1) is 9.86. The molecule has 1 aliphatic heterocycles. The number of rotatable bonds is 2. The van der Waals surface area contributed by atoms with Gasteiger partial charge in [0.25, 0.3) is 0 Å². The third kappa shape index (κ3) is 1.93. The van der Waals surface area contributed by atoms with Crippen molar-refractivity contribution < 1.29 is 4.79 Å². The zero-order chi connectivity index (χ0) is 9.14. The lowest BCUT2D eigenvalue weighted by Gasteiger charge is -2.23. The molecule has 0 aliphatic carbocycles. The summed E-state index contributed by atoms with van der Waals surface area (Å²) in [6.07, 6.45) is 0. The van der Waals surface area contributed by atoms with Gasteiger partial charge in [0, 0.05) is 26.4 Å². The molecule has 0 aromatic rings. The standard InChI is InChI=1S/C8H16N2OS/c1-4-10-5-6-12-8(10)7(11)9(2)3/h8H,4-6H2,1-3H3. The summed E-state index contributed by atoms with van der Waals surface area (Å²) in [6, 6.07) is 0. The van der Waals surface area contributed by atoms with Crippen LogP contribution in [0.3, 0.4) is 0 Å². The van der Waals surface area contributed by atoms with E-state index in [0.29, 0.717) is 0 Å². The summed E-state index contributed by atoms with van der Waals surface area (Å²) >= 11 is 1.75. The van der Waals surface area contributed by atoms with Gasteiger partial charge in [-0.05, 0) is 6.54 Å². The summed E-state index contributed by atoms with van der Waals surface area (Å²) in [6.45, 7) is 4.12. The Labute approximate surface area is 78.1 Å². The quantitative estimate of drug-likeness (QED) is 0.629. The summed E-state index contributed by atoms with van der Waals surface area (Å²) in [4.78, 5) is 15.5. The third-order valence-electron chi connectivity index (χ3n) is 2.04. The van der Waals surface area contributed by atoms with Crippen LogP contribution in [0.4, 0.5) is 0 Å². The van der Waals surface area contributed by atoms with Gasteiger partial charge in [-0.15, -0.1) is 11.8 Å². The molecule has 12 heavy (non-hydrogen) atoms. The van der Waals surface area contributed by atoms with Crippen molar-refractivity contribution in [2.75, 3.05) is 32.9 Å². The fourth-order valence-electron chi connectivity index (χ4n) is 1.28. The number of carbonyl (C=O) groups excluding carboxylic acids is 1. The van der Waals surface area contributed by atoms with E-state index in [2.05, 4.69) is 11.8 Å². The molecule has 1 saturated heterocycles. The van der Waals surface area contributed by atoms with Crippen LogP contribution in [0.5, 0.6) is 0 Å². The smallest absolute Gasteiger partial charge is 0.249 e. The Kier molecular flexibility index (Phi) is 3.40. The predicted molar refractivity (Wildman–Crippen MR) is 52.2 cm³/mol. The van der Waals surface area contributed by atoms with Crippen molar-refractivity contribution >= 4 is 17.7 Å². The molecule has 0 aromatic carbocycles. The average molecular weight is 188 g/mol. The molecule has 0 radical (unpaired) electrons. The number of nitrogens with zero attached hydrogens (tertiary/aromatic N) is 2. The minimum atomic E-state index is 0.0741. The Morgan fingerprint density at radius 2 is 2.33 bits per heavy atom. The summed E-state index contributed by atoms with van der Waals surface area (Å²) in [5, 5.41) is 0.0741. The van der Waals surface area contributed by atoms with Crippen molar-refractivity contribution in [2.45, 2.75) is 12.3 Å². The highest BCUT2D eigenvalue weighted by Gasteiger charge is 2.30. The maximum atomic E-state index is 11.6. The van der Waals surface area contributed by atoms with Crippen molar-refractivity contribution in [3.8, 4) is 0 Å². The Hall–Kier alpha value is -0.220. The normalized spacial score (nSPS) is 24.4. The zero-order valence-corrected chi connectivity index (χ0v) is 8.73. The number of hydrogen-bond acceptors (Lipinski definition) is 3. The van der Waals surface area contributed by atoms with Crippen LogP contribution in [0.1, 0.15) is 6.92 Å². The highest BCUT2D eigenvalue weighted by molar-refractivity contribution is 8.00. The van der Waals surface area contributed by atoms with Crippen LogP contribution >= 0.6 is 11.8 Å². The lowest BCUT2D eigenvalue weighted by molar-refractivity contribution is -0.130. The van der Waals surface area contributed by atoms with E-state index < -0.39 is 0 Å². The van der Waals surface area contributed by atoms with Gasteiger partial charge in [0.05, 0.1) is 0 Å². The van der Waals surface area contributed by atoms with Crippen molar-refractivity contribution in [2.24, 2.45) is 0 Å². The van der Waals surface area contributed by atoms with E-state index in [4.69, 9.17) is 0 Å². The molecule has 0 spiro atoms. The second-order valence-corrected chi connectivity index (χ2v) is 4.27. The maximum absolute atomic E-state index is 11.6. The van der Waals surface area contributed by atoms with Gasteiger partial charge in [0.2, 0.25) is 5.91 Å². The van der Waals surface area contributed by atoms with Crippen LogP contribution < -0.4 is 0 Å². The van der Waals surface area contributed by atoms with Crippen molar-refractivity contribution in [1.29, 1.82) is 0 Å². The molecule has 3 nitrogen and oxygen atoms in total. The van der Waals surface area contributed by atoms with Crippen LogP contribution in [0, 0.1) is 0 Å². The number of carbonyl (C=O) groups is 1. The maximum Gasteiger partial charge on any atom is 0.249 e. The third-order valence-corrected chi connectivity index (χ3v) is 3.28. The summed E-state index contributed by atoms with van der Waals surface area (Å²) < 4.78 is 0. The van der Waals surface area contributed by atoms with E-state index in [1.807, 2.05) is 14.1 Å². The van der Waals surface area contributed by atoms with E-state index in [9.17, 15) is 4.79 Å². The number of amides is 1. The van der Waals surface area contributed by atoms with Gasteiger partial charge in [-0.3, -0.25) is 9.69 Å².